The van der Waals surface area contributed by atoms with Gasteiger partial charge in [0, 0.05) is 87.5 Å². The molecule has 0 spiro atoms. The Hall–Kier alpha value is -11.5. The smallest absolute Gasteiger partial charge is 0.275 e. The minimum absolute atomic E-state index is 0.0283. The highest BCUT2D eigenvalue weighted by Crippen LogP contribution is 2.25. The van der Waals surface area contributed by atoms with Gasteiger partial charge in [-0.3, -0.25) is 67.3 Å². The first-order chi connectivity index (χ1) is 55.1. The van der Waals surface area contributed by atoms with Crippen LogP contribution in [0.5, 0.6) is 0 Å². The van der Waals surface area contributed by atoms with E-state index in [9.17, 15) is 68.4 Å². The van der Waals surface area contributed by atoms with Crippen LogP contribution < -0.4 is 80.8 Å². The van der Waals surface area contributed by atoms with E-state index in [0.717, 1.165) is 53.1 Å². The van der Waals surface area contributed by atoms with Crippen LogP contribution in [0.4, 0.5) is 17.1 Å². The molecule has 17 N–H and O–H groups in total. The zero-order valence-corrected chi connectivity index (χ0v) is 69.0. The number of amides is 3. The molecule has 0 saturated carbocycles. The molecule has 116 heavy (non-hydrogen) atoms. The number of Topliss-reactive ketones (excluding diaryl/α,β-unsaturated/α-hetero) is 3. The summed E-state index contributed by atoms with van der Waals surface area (Å²) >= 11 is 18.5. The van der Waals surface area contributed by atoms with Gasteiger partial charge in [-0.15, -0.1) is 34.0 Å². The van der Waals surface area contributed by atoms with E-state index in [2.05, 4.69) is 82.9 Å². The van der Waals surface area contributed by atoms with Gasteiger partial charge in [0.05, 0.1) is 39.5 Å². The number of guanidine groups is 2. The van der Waals surface area contributed by atoms with Crippen LogP contribution in [0.1, 0.15) is 73.5 Å². The number of carbonyl (C=O) groups excluding carboxylic acids is 6. The number of sulfonamides is 3. The summed E-state index contributed by atoms with van der Waals surface area (Å²) in [5.41, 5.74) is 24.4. The van der Waals surface area contributed by atoms with Gasteiger partial charge in [0.1, 0.15) is 36.7 Å². The molecule has 0 fully saturated rings. The molecule has 0 unspecified atom stereocenters. The van der Waals surface area contributed by atoms with E-state index in [4.69, 9.17) is 51.9 Å². The number of thiazole rings is 3. The van der Waals surface area contributed by atoms with Gasteiger partial charge in [-0.05, 0) is 152 Å². The molecule has 10 aromatic rings. The van der Waals surface area contributed by atoms with E-state index in [1.807, 2.05) is 0 Å². The normalized spacial score (nSPS) is 12.0. The van der Waals surface area contributed by atoms with Crippen LogP contribution >= 0.6 is 73.1 Å². The molecule has 0 radical (unpaired) electrons. The maximum atomic E-state index is 13.1. The van der Waals surface area contributed by atoms with Crippen molar-refractivity contribution in [2.45, 2.75) is 91.8 Å². The second-order valence-electron chi connectivity index (χ2n) is 24.8. The van der Waals surface area contributed by atoms with Crippen LogP contribution in [0.3, 0.4) is 0 Å². The number of hydrogen-bond acceptors (Lipinski definition) is 25. The number of halogens is 3. The molecule has 0 aliphatic heterocycles. The number of pyridine rings is 3. The Morgan fingerprint density at radius 1 is 0.491 bits per heavy atom. The summed E-state index contributed by atoms with van der Waals surface area (Å²) < 4.78 is 87.4. The Labute approximate surface area is 694 Å². The average molecular weight is 1810 g/mol. The summed E-state index contributed by atoms with van der Waals surface area (Å²) in [4.78, 5) is 136. The number of hydrogen-bond donors (Lipinski definition) is 12. The molecule has 44 heteroatoms. The van der Waals surface area contributed by atoms with Crippen LogP contribution in [0.25, 0.3) is 10.8 Å². The summed E-state index contributed by atoms with van der Waals surface area (Å²) in [6.07, 6.45) is 10.6. The van der Waals surface area contributed by atoms with Crippen molar-refractivity contribution in [3.8, 4) is 0 Å². The molecular formula is C72H77BrCl2N20O15S6. The van der Waals surface area contributed by atoms with Gasteiger partial charge in [0.2, 0.25) is 45.1 Å². The molecule has 0 aliphatic carbocycles. The van der Waals surface area contributed by atoms with Gasteiger partial charge in [-0.1, -0.05) is 70.0 Å². The Bertz CT molecular complexity index is 5760. The number of fused-ring (bicyclic) bond motifs is 1. The summed E-state index contributed by atoms with van der Waals surface area (Å²) in [5.74, 6) is -3.21. The van der Waals surface area contributed by atoms with Crippen LogP contribution in [0.2, 0.25) is 10.0 Å². The zero-order chi connectivity index (χ0) is 84.3. The number of ketones is 3. The van der Waals surface area contributed by atoms with Crippen molar-refractivity contribution in [2.75, 3.05) is 33.8 Å². The number of aliphatic imine (C=N–C) groups is 2. The molecule has 612 valence electrons. The van der Waals surface area contributed by atoms with E-state index < -0.39 is 102 Å². The summed E-state index contributed by atoms with van der Waals surface area (Å²) in [6.45, 7) is 3.19. The second-order valence-corrected chi connectivity index (χ2v) is 34.4. The van der Waals surface area contributed by atoms with E-state index in [1.54, 1.807) is 76.8 Å². The zero-order valence-electron chi connectivity index (χ0n) is 61.0. The fraction of sp³-hybridized carbons (Fsp3) is 0.222. The SMILES string of the molecule is C=C(N)NCCC[C@H](NC(=O)Cn1cccc(NS(=O)(=O)c2ccc(Br)cc2)c1=O)C(=O)c1nccs1.NC(N)=NCCC[C@H](NC(=O)Cn1cccc(NS(=O)(=O)Cc2ccc(Cl)cc2)c1=O)C(=O)c1nccs1.NC(N)=NCCC[C@H](NC(=O)Cn1cccc(NS(=O)(=O)c2ccc3cc(Cl)ccc3c2)c1=O)C(=O)c1nccs1. The molecule has 4 aromatic carbocycles. The first-order valence-corrected chi connectivity index (χ1v) is 43.3. The lowest BCUT2D eigenvalue weighted by Gasteiger charge is -2.18. The predicted molar refractivity (Wildman–Crippen MR) is 450 cm³/mol. The number of nitrogens with one attached hydrogen (secondary N) is 7. The maximum absolute atomic E-state index is 13.1. The minimum atomic E-state index is -4.13. The third-order valence-electron chi connectivity index (χ3n) is 16.0. The third kappa shape index (κ3) is 27.9. The largest absolute Gasteiger partial charge is 0.386 e. The fourth-order valence-corrected chi connectivity index (χ4v) is 16.4. The first kappa shape index (κ1) is 90.0. The molecule has 6 aromatic heterocycles. The standard InChI is InChI=1S/C26H26ClN7O5S2.C23H25BrN6O5S2.C23H26ClN7O5S2/c27-18-7-5-17-14-19(8-6-16(17)13-18)41(38,39)33-21-4-2-11-34(25(21)37)15-22(35)32-20(3-1-9-31-26(28)29)23(36)24-30-10-12-40-24;1-15(25)26-10-2-4-18(21(32)22-27-11-13-36-22)28-20(31)14-30-12-3-5-19(23(30)33)29-37(34,35)17-8-6-16(24)7-9-17;24-16-7-5-15(6-8-16)14-38(35,36)30-18-4-2-11-31(22(18)34)13-19(32)29-17(3-1-9-28-23(25)26)20(33)21-27-10-12-37-21/h2,4-8,10-14,20,33H,1,3,9,15H2,(H,32,35)(H4,28,29,31);3,5-9,11-13,18,26,29H,1-2,4,10,14,25H2,(H,28,31);2,4-8,10-12,17,30H,1,3,9,13-14H2,(H,29,32)(H4,25,26,28)/t20-;18-;17-/m000/s1. The average Bonchev–Trinajstić information content (AvgIpc) is 0.890. The molecule has 10 rings (SSSR count). The number of aromatic nitrogens is 6. The number of nitrogens with zero attached hydrogens (tertiary/aromatic N) is 8. The number of nitrogens with two attached hydrogens (primary N) is 5. The quantitative estimate of drug-likeness (QED) is 0.00956. The van der Waals surface area contributed by atoms with Crippen LogP contribution in [-0.4, -0.2) is 139 Å². The summed E-state index contributed by atoms with van der Waals surface area (Å²) in [7, 11) is -12.1. The van der Waals surface area contributed by atoms with Gasteiger partial charge >= 0.3 is 0 Å². The van der Waals surface area contributed by atoms with E-state index >= 15 is 0 Å². The predicted octanol–water partition coefficient (Wildman–Crippen LogP) is 5.69. The summed E-state index contributed by atoms with van der Waals surface area (Å²) in [5, 5.41) is 18.8. The molecule has 0 aliphatic rings. The molecule has 3 amide bonds. The molecule has 3 atom stereocenters. The minimum Gasteiger partial charge on any atom is -0.386 e. The van der Waals surface area contributed by atoms with E-state index in [-0.39, 0.29) is 103 Å². The Morgan fingerprint density at radius 3 is 1.28 bits per heavy atom. The van der Waals surface area contributed by atoms with Crippen molar-refractivity contribution >= 4 is 178 Å². The van der Waals surface area contributed by atoms with Crippen molar-refractivity contribution in [1.82, 2.24) is 49.9 Å². The molecule has 0 bridgehead atoms. The Balaban J connectivity index is 0.000000218. The van der Waals surface area contributed by atoms with E-state index in [0.29, 0.717) is 63.5 Å². The summed E-state index contributed by atoms with van der Waals surface area (Å²) in [6, 6.07) is 27.2. The van der Waals surface area contributed by atoms with Gasteiger partial charge in [0.15, 0.2) is 26.9 Å². The van der Waals surface area contributed by atoms with Crippen LogP contribution in [0.15, 0.2) is 226 Å². The van der Waals surface area contributed by atoms with Gasteiger partial charge < -0.3 is 63.6 Å². The van der Waals surface area contributed by atoms with Crippen molar-refractivity contribution < 1.29 is 54.0 Å². The molecule has 0 saturated heterocycles. The lowest BCUT2D eigenvalue weighted by Crippen LogP contribution is -2.43. The Morgan fingerprint density at radius 2 is 0.871 bits per heavy atom. The van der Waals surface area contributed by atoms with Crippen molar-refractivity contribution in [3.05, 3.63) is 253 Å². The van der Waals surface area contributed by atoms with Crippen molar-refractivity contribution in [1.29, 1.82) is 0 Å². The van der Waals surface area contributed by atoms with Crippen LogP contribution in [-0.2, 0) is 69.8 Å². The highest BCUT2D eigenvalue weighted by molar-refractivity contribution is 9.10. The highest BCUT2D eigenvalue weighted by Gasteiger charge is 2.29. The molecule has 6 heterocycles. The van der Waals surface area contributed by atoms with Crippen LogP contribution in [0, 0.1) is 0 Å². The molecule has 35 nitrogen and oxygen atoms in total. The number of benzene rings is 4. The fourth-order valence-electron chi connectivity index (χ4n) is 10.6. The number of rotatable bonds is 38. The topological polar surface area (TPSA) is 549 Å². The monoisotopic (exact) mass is 1800 g/mol. The first-order valence-electron chi connectivity index (χ1n) is 34.5. The third-order valence-corrected chi connectivity index (χ3v) is 23.4. The second kappa shape index (κ2) is 42.7. The van der Waals surface area contributed by atoms with Crippen molar-refractivity contribution in [2.24, 2.45) is 38.7 Å². The lowest BCUT2D eigenvalue weighted by atomic mass is 10.1. The highest BCUT2D eigenvalue weighted by atomic mass is 79.9. The van der Waals surface area contributed by atoms with Gasteiger partial charge in [-0.25, -0.2) is 40.2 Å². The Kier molecular flexibility index (Phi) is 33.2. The lowest BCUT2D eigenvalue weighted by molar-refractivity contribution is -0.123. The van der Waals surface area contributed by atoms with Gasteiger partial charge in [-0.2, -0.15) is 0 Å². The maximum Gasteiger partial charge on any atom is 0.275 e. The van der Waals surface area contributed by atoms with E-state index in [1.165, 1.54) is 97.8 Å². The number of carbonyl (C=O) groups is 6. The molecular weight excluding hydrogens is 1730 g/mol. The number of anilines is 3. The van der Waals surface area contributed by atoms with Gasteiger partial charge in [0.25, 0.3) is 36.7 Å². The van der Waals surface area contributed by atoms with Crippen molar-refractivity contribution in [3.63, 3.8) is 0 Å².